The van der Waals surface area contributed by atoms with Gasteiger partial charge in [-0.15, -0.1) is 0 Å². The number of benzene rings is 2. The van der Waals surface area contributed by atoms with Gasteiger partial charge >= 0.3 is 0 Å². The lowest BCUT2D eigenvalue weighted by atomic mass is 9.99. The van der Waals surface area contributed by atoms with Crippen molar-refractivity contribution in [1.82, 2.24) is 4.98 Å². The van der Waals surface area contributed by atoms with Crippen molar-refractivity contribution in [3.63, 3.8) is 0 Å². The number of rotatable bonds is 5. The summed E-state index contributed by atoms with van der Waals surface area (Å²) in [5.74, 6) is 0.630. The molecule has 0 saturated heterocycles. The van der Waals surface area contributed by atoms with Crippen LogP contribution in [0.25, 0.3) is 11.1 Å². The minimum atomic E-state index is 0.523. The SMILES string of the molecule is Cc1ccc(CN)cc1-c1ccc(OCc2ccccc2)nc1. The highest BCUT2D eigenvalue weighted by Gasteiger charge is 2.05. The number of aryl methyl sites for hydroxylation is 1. The van der Waals surface area contributed by atoms with Gasteiger partial charge in [-0.2, -0.15) is 0 Å². The molecule has 0 spiro atoms. The van der Waals surface area contributed by atoms with Crippen LogP contribution in [0.15, 0.2) is 66.9 Å². The molecule has 0 bridgehead atoms. The van der Waals surface area contributed by atoms with Crippen LogP contribution in [0.4, 0.5) is 0 Å². The molecule has 116 valence electrons. The van der Waals surface area contributed by atoms with Crippen LogP contribution in [0, 0.1) is 6.92 Å². The molecule has 0 atom stereocenters. The Morgan fingerprint density at radius 1 is 0.957 bits per heavy atom. The molecule has 0 aliphatic heterocycles. The van der Waals surface area contributed by atoms with E-state index in [1.165, 1.54) is 5.56 Å². The Bertz CT molecular complexity index is 767. The van der Waals surface area contributed by atoms with Crippen molar-refractivity contribution in [2.75, 3.05) is 0 Å². The number of pyridine rings is 1. The minimum absolute atomic E-state index is 0.523. The molecule has 3 heteroatoms. The summed E-state index contributed by atoms with van der Waals surface area (Å²) in [6.07, 6.45) is 1.85. The smallest absolute Gasteiger partial charge is 0.213 e. The maximum atomic E-state index is 5.73. The van der Waals surface area contributed by atoms with Crippen LogP contribution in [0.1, 0.15) is 16.7 Å². The van der Waals surface area contributed by atoms with Gasteiger partial charge in [0.1, 0.15) is 6.61 Å². The third kappa shape index (κ3) is 3.76. The molecule has 0 fully saturated rings. The van der Waals surface area contributed by atoms with Gasteiger partial charge in [-0.3, -0.25) is 0 Å². The summed E-state index contributed by atoms with van der Waals surface area (Å²) in [6.45, 7) is 3.16. The topological polar surface area (TPSA) is 48.1 Å². The molecule has 0 saturated carbocycles. The van der Waals surface area contributed by atoms with Crippen LogP contribution in [-0.4, -0.2) is 4.98 Å². The molecular formula is C20H20N2O. The first-order valence-corrected chi connectivity index (χ1v) is 7.69. The van der Waals surface area contributed by atoms with E-state index in [4.69, 9.17) is 10.5 Å². The highest BCUT2D eigenvalue weighted by atomic mass is 16.5. The fourth-order valence-corrected chi connectivity index (χ4v) is 2.46. The minimum Gasteiger partial charge on any atom is -0.473 e. The van der Waals surface area contributed by atoms with E-state index < -0.39 is 0 Å². The van der Waals surface area contributed by atoms with Crippen molar-refractivity contribution in [2.24, 2.45) is 5.73 Å². The quantitative estimate of drug-likeness (QED) is 0.772. The van der Waals surface area contributed by atoms with Crippen LogP contribution < -0.4 is 10.5 Å². The normalized spacial score (nSPS) is 10.5. The standard InChI is InChI=1S/C20H20N2O/c1-15-7-8-17(12-21)11-19(15)18-9-10-20(22-13-18)23-14-16-5-3-2-4-6-16/h2-11,13H,12,14,21H2,1H3. The van der Waals surface area contributed by atoms with Gasteiger partial charge in [0.2, 0.25) is 5.88 Å². The highest BCUT2D eigenvalue weighted by Crippen LogP contribution is 2.25. The molecule has 0 unspecified atom stereocenters. The van der Waals surface area contributed by atoms with Crippen LogP contribution in [-0.2, 0) is 13.2 Å². The Kier molecular flexibility index (Phi) is 4.69. The molecule has 3 rings (SSSR count). The summed E-state index contributed by atoms with van der Waals surface area (Å²) in [5, 5.41) is 0. The van der Waals surface area contributed by atoms with E-state index in [-0.39, 0.29) is 0 Å². The second-order valence-electron chi connectivity index (χ2n) is 5.51. The molecule has 3 nitrogen and oxygen atoms in total. The van der Waals surface area contributed by atoms with Gasteiger partial charge in [-0.25, -0.2) is 4.98 Å². The second-order valence-corrected chi connectivity index (χ2v) is 5.51. The second kappa shape index (κ2) is 7.07. The molecule has 0 aliphatic carbocycles. The third-order valence-electron chi connectivity index (χ3n) is 3.81. The van der Waals surface area contributed by atoms with E-state index in [2.05, 4.69) is 30.1 Å². The summed E-state index contributed by atoms with van der Waals surface area (Å²) in [7, 11) is 0. The first-order chi connectivity index (χ1) is 11.3. The number of hydrogen-bond acceptors (Lipinski definition) is 3. The molecule has 2 aromatic carbocycles. The van der Waals surface area contributed by atoms with Gasteiger partial charge in [-0.05, 0) is 41.3 Å². The number of nitrogens with two attached hydrogens (primary N) is 1. The summed E-state index contributed by atoms with van der Waals surface area (Å²) in [5.41, 5.74) is 11.4. The Morgan fingerprint density at radius 2 is 1.78 bits per heavy atom. The highest BCUT2D eigenvalue weighted by molar-refractivity contribution is 5.67. The van der Waals surface area contributed by atoms with Crippen molar-refractivity contribution in [2.45, 2.75) is 20.1 Å². The Hall–Kier alpha value is -2.65. The van der Waals surface area contributed by atoms with E-state index in [0.717, 1.165) is 22.3 Å². The van der Waals surface area contributed by atoms with Gasteiger partial charge in [0, 0.05) is 24.4 Å². The first kappa shape index (κ1) is 15.3. The van der Waals surface area contributed by atoms with Crippen LogP contribution >= 0.6 is 0 Å². The van der Waals surface area contributed by atoms with Crippen LogP contribution in [0.2, 0.25) is 0 Å². The molecule has 2 N–H and O–H groups in total. The van der Waals surface area contributed by atoms with Crippen LogP contribution in [0.5, 0.6) is 5.88 Å². The van der Waals surface area contributed by atoms with Crippen molar-refractivity contribution >= 4 is 0 Å². The Morgan fingerprint density at radius 3 is 2.48 bits per heavy atom. The molecule has 0 aliphatic rings. The van der Waals surface area contributed by atoms with Gasteiger partial charge in [0.15, 0.2) is 0 Å². The van der Waals surface area contributed by atoms with Crippen molar-refractivity contribution in [3.05, 3.63) is 83.6 Å². The molecule has 1 heterocycles. The van der Waals surface area contributed by atoms with E-state index in [0.29, 0.717) is 19.0 Å². The molecule has 0 amide bonds. The average molecular weight is 304 g/mol. The lowest BCUT2D eigenvalue weighted by Crippen LogP contribution is -1.98. The zero-order valence-corrected chi connectivity index (χ0v) is 13.2. The average Bonchev–Trinajstić information content (AvgIpc) is 2.62. The Labute approximate surface area is 136 Å². The monoisotopic (exact) mass is 304 g/mol. The van der Waals surface area contributed by atoms with Crippen molar-refractivity contribution < 1.29 is 4.74 Å². The van der Waals surface area contributed by atoms with Crippen LogP contribution in [0.3, 0.4) is 0 Å². The first-order valence-electron chi connectivity index (χ1n) is 7.69. The number of aromatic nitrogens is 1. The van der Waals surface area contributed by atoms with Crippen molar-refractivity contribution in [1.29, 1.82) is 0 Å². The van der Waals surface area contributed by atoms with E-state index in [1.54, 1.807) is 0 Å². The molecule has 1 aromatic heterocycles. The van der Waals surface area contributed by atoms with Crippen molar-refractivity contribution in [3.8, 4) is 17.0 Å². The van der Waals surface area contributed by atoms with Gasteiger partial charge in [-0.1, -0.05) is 42.5 Å². The summed E-state index contributed by atoms with van der Waals surface area (Å²) in [6, 6.07) is 20.3. The zero-order chi connectivity index (χ0) is 16.1. The third-order valence-corrected chi connectivity index (χ3v) is 3.81. The molecule has 23 heavy (non-hydrogen) atoms. The summed E-state index contributed by atoms with van der Waals surface area (Å²) >= 11 is 0. The summed E-state index contributed by atoms with van der Waals surface area (Å²) < 4.78 is 5.73. The predicted molar refractivity (Wildman–Crippen MR) is 93.1 cm³/mol. The maximum absolute atomic E-state index is 5.73. The predicted octanol–water partition coefficient (Wildman–Crippen LogP) is 4.09. The molecule has 0 radical (unpaired) electrons. The number of ether oxygens (including phenoxy) is 1. The number of hydrogen-bond donors (Lipinski definition) is 1. The van der Waals surface area contributed by atoms with E-state index in [1.807, 2.05) is 48.7 Å². The summed E-state index contributed by atoms with van der Waals surface area (Å²) in [4.78, 5) is 4.41. The maximum Gasteiger partial charge on any atom is 0.213 e. The largest absolute Gasteiger partial charge is 0.473 e. The van der Waals surface area contributed by atoms with E-state index in [9.17, 15) is 0 Å². The van der Waals surface area contributed by atoms with Gasteiger partial charge < -0.3 is 10.5 Å². The van der Waals surface area contributed by atoms with Gasteiger partial charge in [0.25, 0.3) is 0 Å². The zero-order valence-electron chi connectivity index (χ0n) is 13.2. The molecular weight excluding hydrogens is 284 g/mol. The Balaban J connectivity index is 1.74. The lowest BCUT2D eigenvalue weighted by Gasteiger charge is -2.09. The lowest BCUT2D eigenvalue weighted by molar-refractivity contribution is 0.294. The van der Waals surface area contributed by atoms with E-state index >= 15 is 0 Å². The fourth-order valence-electron chi connectivity index (χ4n) is 2.46. The van der Waals surface area contributed by atoms with Gasteiger partial charge in [0.05, 0.1) is 0 Å². The fraction of sp³-hybridized carbons (Fsp3) is 0.150. The number of nitrogens with zero attached hydrogens (tertiary/aromatic N) is 1. The molecule has 3 aromatic rings.